The molecule has 0 aliphatic heterocycles. The van der Waals surface area contributed by atoms with Gasteiger partial charge in [0.15, 0.2) is 0 Å². The molecule has 0 atom stereocenters. The third-order valence-electron chi connectivity index (χ3n) is 2.53. The zero-order chi connectivity index (χ0) is 11.5. The van der Waals surface area contributed by atoms with Gasteiger partial charge in [0.05, 0.1) is 0 Å². The Kier molecular flexibility index (Phi) is 3.42. The first-order valence-corrected chi connectivity index (χ1v) is 4.85. The van der Waals surface area contributed by atoms with Crippen LogP contribution in [0.2, 0.25) is 0 Å². The first-order chi connectivity index (χ1) is 6.81. The summed E-state index contributed by atoms with van der Waals surface area (Å²) in [5.74, 6) is 0. The van der Waals surface area contributed by atoms with E-state index >= 15 is 0 Å². The van der Waals surface area contributed by atoms with E-state index in [9.17, 15) is 13.2 Å². The first kappa shape index (κ1) is 12.1. The van der Waals surface area contributed by atoms with Crippen molar-refractivity contribution in [2.24, 2.45) is 0 Å². The average molecular weight is 215 g/mol. The van der Waals surface area contributed by atoms with Crippen molar-refractivity contribution < 1.29 is 13.2 Å². The molecule has 0 heterocycles. The molecular weight excluding hydrogens is 201 g/mol. The lowest BCUT2D eigenvalue weighted by Crippen LogP contribution is -2.21. The van der Waals surface area contributed by atoms with Gasteiger partial charge in [0, 0.05) is 6.42 Å². The fourth-order valence-electron chi connectivity index (χ4n) is 1.44. The molecule has 1 aromatic carbocycles. The van der Waals surface area contributed by atoms with Crippen LogP contribution in [0.1, 0.15) is 32.3 Å². The summed E-state index contributed by atoms with van der Waals surface area (Å²) < 4.78 is 36.3. The normalized spacial score (nSPS) is 12.9. The summed E-state index contributed by atoms with van der Waals surface area (Å²) >= 11 is 0. The summed E-state index contributed by atoms with van der Waals surface area (Å²) in [7, 11) is 0. The molecule has 0 aromatic heterocycles. The van der Waals surface area contributed by atoms with Crippen molar-refractivity contribution in [3.05, 3.63) is 35.9 Å². The Bertz CT molecular complexity index is 298. The lowest BCUT2D eigenvalue weighted by atomic mass is 9.80. The molecule has 0 saturated heterocycles. The molecule has 0 N–H and O–H groups in total. The number of hydrogen-bond acceptors (Lipinski definition) is 0. The Morgan fingerprint density at radius 2 is 1.60 bits per heavy atom. The molecular formula is C12H14F3. The highest BCUT2D eigenvalue weighted by Gasteiger charge is 2.31. The molecule has 15 heavy (non-hydrogen) atoms. The fraction of sp³-hybridized carbons (Fsp3) is 0.500. The van der Waals surface area contributed by atoms with E-state index < -0.39 is 18.0 Å². The fourth-order valence-corrected chi connectivity index (χ4v) is 1.44. The zero-order valence-electron chi connectivity index (χ0n) is 8.86. The third-order valence-corrected chi connectivity index (χ3v) is 2.53. The van der Waals surface area contributed by atoms with E-state index in [0.29, 0.717) is 0 Å². The quantitative estimate of drug-likeness (QED) is 0.711. The highest BCUT2D eigenvalue weighted by atomic mass is 19.4. The number of hydrogen-bond donors (Lipinski definition) is 0. The molecule has 0 bridgehead atoms. The number of benzene rings is 1. The van der Waals surface area contributed by atoms with E-state index in [1.165, 1.54) is 0 Å². The van der Waals surface area contributed by atoms with Gasteiger partial charge >= 0.3 is 6.18 Å². The van der Waals surface area contributed by atoms with Crippen LogP contribution in [0.5, 0.6) is 0 Å². The second kappa shape index (κ2) is 4.25. The van der Waals surface area contributed by atoms with Crippen molar-refractivity contribution >= 4 is 0 Å². The predicted molar refractivity (Wildman–Crippen MR) is 53.6 cm³/mol. The van der Waals surface area contributed by atoms with Gasteiger partial charge in [-0.25, -0.2) is 0 Å². The van der Waals surface area contributed by atoms with E-state index in [-0.39, 0.29) is 6.42 Å². The Balaban J connectivity index is 2.68. The number of rotatable bonds is 3. The van der Waals surface area contributed by atoms with Crippen molar-refractivity contribution in [1.29, 1.82) is 0 Å². The highest BCUT2D eigenvalue weighted by Crippen LogP contribution is 2.33. The summed E-state index contributed by atoms with van der Waals surface area (Å²) in [6.45, 7) is 3.65. The minimum Gasteiger partial charge on any atom is -0.171 e. The van der Waals surface area contributed by atoms with Gasteiger partial charge in [0.2, 0.25) is 0 Å². The van der Waals surface area contributed by atoms with Crippen LogP contribution in [0, 0.1) is 6.07 Å². The van der Waals surface area contributed by atoms with E-state index in [1.807, 2.05) is 26.0 Å². The molecule has 0 unspecified atom stereocenters. The van der Waals surface area contributed by atoms with Crippen molar-refractivity contribution in [2.45, 2.75) is 38.3 Å². The molecule has 0 fully saturated rings. The Morgan fingerprint density at radius 1 is 1.07 bits per heavy atom. The maximum Gasteiger partial charge on any atom is 0.389 e. The molecule has 0 saturated carbocycles. The highest BCUT2D eigenvalue weighted by molar-refractivity contribution is 5.22. The molecule has 83 valence electrons. The van der Waals surface area contributed by atoms with Gasteiger partial charge in [-0.1, -0.05) is 38.1 Å². The smallest absolute Gasteiger partial charge is 0.171 e. The van der Waals surface area contributed by atoms with Crippen molar-refractivity contribution in [3.8, 4) is 0 Å². The Morgan fingerprint density at radius 3 is 2.07 bits per heavy atom. The Hall–Kier alpha value is -0.990. The van der Waals surface area contributed by atoms with Gasteiger partial charge in [-0.05, 0) is 23.5 Å². The van der Waals surface area contributed by atoms with E-state index in [0.717, 1.165) is 5.56 Å². The minimum absolute atomic E-state index is 0.112. The Labute approximate surface area is 88.1 Å². The maximum absolute atomic E-state index is 12.1. The molecule has 0 aliphatic rings. The molecule has 0 aliphatic carbocycles. The van der Waals surface area contributed by atoms with Crippen LogP contribution >= 0.6 is 0 Å². The van der Waals surface area contributed by atoms with Crippen LogP contribution in [-0.2, 0) is 5.41 Å². The lowest BCUT2D eigenvalue weighted by Gasteiger charge is -2.25. The standard InChI is InChI=1S/C12H14F3/c1-11(2,8-9-12(13,14)15)10-6-4-3-5-7-10/h4-7H,8-9H2,1-2H3. The first-order valence-electron chi connectivity index (χ1n) is 4.85. The molecule has 1 aromatic rings. The van der Waals surface area contributed by atoms with Gasteiger partial charge in [0.1, 0.15) is 0 Å². The molecule has 1 rings (SSSR count). The molecule has 0 spiro atoms. The number of halogens is 3. The molecule has 0 amide bonds. The van der Waals surface area contributed by atoms with Crippen LogP contribution < -0.4 is 0 Å². The van der Waals surface area contributed by atoms with E-state index in [2.05, 4.69) is 6.07 Å². The van der Waals surface area contributed by atoms with E-state index in [1.54, 1.807) is 12.1 Å². The van der Waals surface area contributed by atoms with Gasteiger partial charge in [0.25, 0.3) is 0 Å². The van der Waals surface area contributed by atoms with Gasteiger partial charge in [-0.3, -0.25) is 0 Å². The number of alkyl halides is 3. The van der Waals surface area contributed by atoms with Crippen molar-refractivity contribution in [3.63, 3.8) is 0 Å². The summed E-state index contributed by atoms with van der Waals surface area (Å²) in [4.78, 5) is 0. The zero-order valence-corrected chi connectivity index (χ0v) is 8.86. The molecule has 3 heteroatoms. The average Bonchev–Trinajstić information content (AvgIpc) is 2.16. The monoisotopic (exact) mass is 215 g/mol. The second-order valence-corrected chi connectivity index (χ2v) is 4.29. The van der Waals surface area contributed by atoms with Crippen molar-refractivity contribution in [1.82, 2.24) is 0 Å². The summed E-state index contributed by atoms with van der Waals surface area (Å²) in [5.41, 5.74) is 0.482. The van der Waals surface area contributed by atoms with Crippen LogP contribution in [0.25, 0.3) is 0 Å². The van der Waals surface area contributed by atoms with Gasteiger partial charge in [-0.2, -0.15) is 13.2 Å². The maximum atomic E-state index is 12.1. The third kappa shape index (κ3) is 3.94. The summed E-state index contributed by atoms with van der Waals surface area (Å²) in [6.07, 6.45) is -4.70. The van der Waals surface area contributed by atoms with Gasteiger partial charge in [-0.15, -0.1) is 0 Å². The predicted octanol–water partition coefficient (Wildman–Crippen LogP) is 4.11. The van der Waals surface area contributed by atoms with Crippen molar-refractivity contribution in [2.75, 3.05) is 0 Å². The van der Waals surface area contributed by atoms with Crippen LogP contribution in [0.4, 0.5) is 13.2 Å². The van der Waals surface area contributed by atoms with E-state index in [4.69, 9.17) is 0 Å². The van der Waals surface area contributed by atoms with Gasteiger partial charge < -0.3 is 0 Å². The topological polar surface area (TPSA) is 0 Å². The lowest BCUT2D eigenvalue weighted by molar-refractivity contribution is -0.138. The molecule has 0 nitrogen and oxygen atoms in total. The second-order valence-electron chi connectivity index (χ2n) is 4.29. The molecule has 1 radical (unpaired) electrons. The SMILES string of the molecule is CC(C)(CCC(F)(F)F)c1cc[c]cc1. The minimum atomic E-state index is -4.07. The van der Waals surface area contributed by atoms with Crippen LogP contribution in [-0.4, -0.2) is 6.18 Å². The largest absolute Gasteiger partial charge is 0.389 e. The summed E-state index contributed by atoms with van der Waals surface area (Å²) in [6, 6.07) is 9.94. The summed E-state index contributed by atoms with van der Waals surface area (Å²) in [5, 5.41) is 0. The van der Waals surface area contributed by atoms with Crippen LogP contribution in [0.3, 0.4) is 0 Å². The van der Waals surface area contributed by atoms with Crippen LogP contribution in [0.15, 0.2) is 24.3 Å².